The van der Waals surface area contributed by atoms with Crippen molar-refractivity contribution in [1.82, 2.24) is 19.7 Å². The molecule has 154 valence electrons. The predicted octanol–water partition coefficient (Wildman–Crippen LogP) is 5.33. The number of carbonyl (C=O) groups is 1. The molecule has 3 aromatic heterocycles. The van der Waals surface area contributed by atoms with Gasteiger partial charge in [-0.05, 0) is 60.0 Å². The van der Waals surface area contributed by atoms with Crippen LogP contribution in [0.25, 0.3) is 5.69 Å². The summed E-state index contributed by atoms with van der Waals surface area (Å²) in [6, 6.07) is 14.4. The van der Waals surface area contributed by atoms with Crippen LogP contribution in [0.15, 0.2) is 64.7 Å². The largest absolute Gasteiger partial charge is 0.332 e. The fourth-order valence-corrected chi connectivity index (χ4v) is 5.28. The molecule has 0 saturated heterocycles. The second-order valence-corrected chi connectivity index (χ2v) is 9.96. The first-order chi connectivity index (χ1) is 14.6. The van der Waals surface area contributed by atoms with Crippen molar-refractivity contribution < 1.29 is 4.79 Å². The average Bonchev–Trinajstić information content (AvgIpc) is 3.51. The summed E-state index contributed by atoms with van der Waals surface area (Å²) in [5.41, 5.74) is 3.47. The molecule has 1 amide bonds. The molecule has 1 aromatic carbocycles. The van der Waals surface area contributed by atoms with E-state index < -0.39 is 0 Å². The van der Waals surface area contributed by atoms with Crippen molar-refractivity contribution in [2.24, 2.45) is 0 Å². The minimum Gasteiger partial charge on any atom is -0.332 e. The topological polar surface area (TPSA) is 51.0 Å². The summed E-state index contributed by atoms with van der Waals surface area (Å²) in [4.78, 5) is 17.4. The quantitative estimate of drug-likeness (QED) is 0.338. The Morgan fingerprint density at radius 1 is 1.03 bits per heavy atom. The first kappa shape index (κ1) is 20.8. The second kappa shape index (κ2) is 9.59. The molecule has 30 heavy (non-hydrogen) atoms. The molecule has 0 saturated carbocycles. The van der Waals surface area contributed by atoms with E-state index in [-0.39, 0.29) is 5.91 Å². The van der Waals surface area contributed by atoms with E-state index in [0.29, 0.717) is 18.8 Å². The number of aryl methyl sites for hydroxylation is 2. The maximum Gasteiger partial charge on any atom is 0.233 e. The van der Waals surface area contributed by atoms with E-state index in [1.807, 2.05) is 32.4 Å². The molecule has 0 spiro atoms. The van der Waals surface area contributed by atoms with Crippen molar-refractivity contribution in [3.05, 3.63) is 80.4 Å². The number of nitrogens with zero attached hydrogens (tertiary/aromatic N) is 4. The highest BCUT2D eigenvalue weighted by molar-refractivity contribution is 7.99. The SMILES string of the molecule is Cc1ccc(-n2cnnc2SCC(=O)N(Cc2cccs2)Cc2cccs2)cc1C. The van der Waals surface area contributed by atoms with Crippen molar-refractivity contribution in [3.8, 4) is 5.69 Å². The highest BCUT2D eigenvalue weighted by atomic mass is 32.2. The summed E-state index contributed by atoms with van der Waals surface area (Å²) in [5.74, 6) is 0.414. The third kappa shape index (κ3) is 5.00. The lowest BCUT2D eigenvalue weighted by Gasteiger charge is -2.21. The van der Waals surface area contributed by atoms with Gasteiger partial charge in [-0.3, -0.25) is 9.36 Å². The van der Waals surface area contributed by atoms with Gasteiger partial charge in [-0.2, -0.15) is 0 Å². The first-order valence-corrected chi connectivity index (χ1v) is 12.3. The fraction of sp³-hybridized carbons (Fsp3) is 0.227. The van der Waals surface area contributed by atoms with Crippen LogP contribution in [-0.2, 0) is 17.9 Å². The van der Waals surface area contributed by atoms with E-state index in [1.54, 1.807) is 29.0 Å². The number of rotatable bonds is 8. The lowest BCUT2D eigenvalue weighted by atomic mass is 10.1. The molecule has 0 aliphatic carbocycles. The molecule has 5 nitrogen and oxygen atoms in total. The first-order valence-electron chi connectivity index (χ1n) is 9.53. The predicted molar refractivity (Wildman–Crippen MR) is 124 cm³/mol. The van der Waals surface area contributed by atoms with Crippen LogP contribution < -0.4 is 0 Å². The Hall–Kier alpha value is -2.42. The van der Waals surface area contributed by atoms with Crippen LogP contribution in [0.4, 0.5) is 0 Å². The molecule has 0 radical (unpaired) electrons. The second-order valence-electron chi connectivity index (χ2n) is 6.95. The van der Waals surface area contributed by atoms with Gasteiger partial charge in [-0.1, -0.05) is 30.0 Å². The van der Waals surface area contributed by atoms with Crippen molar-refractivity contribution in [3.63, 3.8) is 0 Å². The molecule has 8 heteroatoms. The summed E-state index contributed by atoms with van der Waals surface area (Å²) in [6.07, 6.45) is 1.70. The molecule has 0 aliphatic heterocycles. The number of aromatic nitrogens is 3. The zero-order valence-corrected chi connectivity index (χ0v) is 19.3. The van der Waals surface area contributed by atoms with Gasteiger partial charge in [-0.25, -0.2) is 0 Å². The molecule has 0 aliphatic rings. The van der Waals surface area contributed by atoms with E-state index in [2.05, 4.69) is 54.4 Å². The molecule has 0 atom stereocenters. The van der Waals surface area contributed by atoms with Gasteiger partial charge >= 0.3 is 0 Å². The monoisotopic (exact) mass is 454 g/mol. The zero-order valence-electron chi connectivity index (χ0n) is 16.8. The third-order valence-electron chi connectivity index (χ3n) is 4.82. The van der Waals surface area contributed by atoms with Crippen LogP contribution in [0.3, 0.4) is 0 Å². The highest BCUT2D eigenvalue weighted by Crippen LogP contribution is 2.23. The normalized spacial score (nSPS) is 11.0. The van der Waals surface area contributed by atoms with Crippen LogP contribution in [0.2, 0.25) is 0 Å². The van der Waals surface area contributed by atoms with Gasteiger partial charge in [0, 0.05) is 15.4 Å². The Labute approximate surface area is 188 Å². The maximum absolute atomic E-state index is 13.1. The number of amides is 1. The Bertz CT molecular complexity index is 1070. The number of thiophene rings is 2. The molecule has 0 N–H and O–H groups in total. The van der Waals surface area contributed by atoms with E-state index in [1.165, 1.54) is 32.6 Å². The van der Waals surface area contributed by atoms with Gasteiger partial charge in [0.2, 0.25) is 5.91 Å². The summed E-state index contributed by atoms with van der Waals surface area (Å²) in [7, 11) is 0. The Morgan fingerprint density at radius 3 is 2.33 bits per heavy atom. The molecule has 4 rings (SSSR count). The Balaban J connectivity index is 1.47. The zero-order chi connectivity index (χ0) is 20.9. The van der Waals surface area contributed by atoms with Gasteiger partial charge in [0.05, 0.1) is 18.8 Å². The third-order valence-corrected chi connectivity index (χ3v) is 7.47. The fourth-order valence-electron chi connectivity index (χ4n) is 3.01. The van der Waals surface area contributed by atoms with Crippen LogP contribution in [0.5, 0.6) is 0 Å². The van der Waals surface area contributed by atoms with Crippen molar-refractivity contribution >= 4 is 40.3 Å². The molecule has 4 aromatic rings. The summed E-state index contributed by atoms with van der Waals surface area (Å²) in [5, 5.41) is 13.1. The lowest BCUT2D eigenvalue weighted by molar-refractivity contribution is -0.129. The van der Waals surface area contributed by atoms with Gasteiger partial charge in [-0.15, -0.1) is 32.9 Å². The van der Waals surface area contributed by atoms with Crippen molar-refractivity contribution in [1.29, 1.82) is 0 Å². The van der Waals surface area contributed by atoms with Crippen LogP contribution in [-0.4, -0.2) is 31.3 Å². The van der Waals surface area contributed by atoms with E-state index in [0.717, 1.165) is 10.8 Å². The van der Waals surface area contributed by atoms with Gasteiger partial charge in [0.25, 0.3) is 0 Å². The minimum atomic E-state index is 0.0939. The van der Waals surface area contributed by atoms with Crippen molar-refractivity contribution in [2.45, 2.75) is 32.1 Å². The molecule has 0 unspecified atom stereocenters. The van der Waals surface area contributed by atoms with Gasteiger partial charge in [0.1, 0.15) is 6.33 Å². The molecular formula is C22H22N4OS3. The van der Waals surface area contributed by atoms with Gasteiger partial charge in [0.15, 0.2) is 5.16 Å². The van der Waals surface area contributed by atoms with Crippen LogP contribution in [0, 0.1) is 13.8 Å². The molecule has 0 bridgehead atoms. The number of hydrogen-bond acceptors (Lipinski definition) is 6. The number of thioether (sulfide) groups is 1. The number of hydrogen-bond donors (Lipinski definition) is 0. The molecule has 3 heterocycles. The number of carbonyl (C=O) groups excluding carboxylic acids is 1. The lowest BCUT2D eigenvalue weighted by Crippen LogP contribution is -2.31. The molecular weight excluding hydrogens is 432 g/mol. The van der Waals surface area contributed by atoms with Crippen LogP contribution in [0.1, 0.15) is 20.9 Å². The summed E-state index contributed by atoms with van der Waals surface area (Å²) >= 11 is 4.78. The minimum absolute atomic E-state index is 0.0939. The standard InChI is InChI=1S/C22H22N4OS3/c1-16-7-8-18(11-17(16)2)26-15-23-24-22(26)30-14-21(27)25(12-19-5-3-9-28-19)13-20-6-4-10-29-20/h3-11,15H,12-14H2,1-2H3. The van der Waals surface area contributed by atoms with E-state index in [4.69, 9.17) is 0 Å². The Kier molecular flexibility index (Phi) is 6.66. The summed E-state index contributed by atoms with van der Waals surface area (Å²) < 4.78 is 1.94. The van der Waals surface area contributed by atoms with Crippen LogP contribution >= 0.6 is 34.4 Å². The van der Waals surface area contributed by atoms with Gasteiger partial charge < -0.3 is 4.90 Å². The smallest absolute Gasteiger partial charge is 0.233 e. The summed E-state index contributed by atoms with van der Waals surface area (Å²) in [6.45, 7) is 5.43. The average molecular weight is 455 g/mol. The maximum atomic E-state index is 13.1. The van der Waals surface area contributed by atoms with Crippen molar-refractivity contribution in [2.75, 3.05) is 5.75 Å². The number of benzene rings is 1. The van der Waals surface area contributed by atoms with E-state index in [9.17, 15) is 4.79 Å². The Morgan fingerprint density at radius 2 is 1.73 bits per heavy atom. The highest BCUT2D eigenvalue weighted by Gasteiger charge is 2.18. The molecule has 0 fully saturated rings. The van der Waals surface area contributed by atoms with E-state index >= 15 is 0 Å².